The molecule has 0 saturated heterocycles. The van der Waals surface area contributed by atoms with Crippen molar-refractivity contribution < 1.29 is 23.1 Å². The molecule has 0 amide bonds. The van der Waals surface area contributed by atoms with E-state index in [1.165, 1.54) is 31.2 Å². The van der Waals surface area contributed by atoms with Gasteiger partial charge in [-0.3, -0.25) is 4.79 Å². The Balaban J connectivity index is 3.10. The molecule has 0 unspecified atom stereocenters. The number of Topliss-reactive ketones (excluding diaryl/α,β-unsaturated/α-hetero) is 1. The highest BCUT2D eigenvalue weighted by atomic mass is 32.2. The molecule has 0 spiro atoms. The second kappa shape index (κ2) is 4.44. The van der Waals surface area contributed by atoms with Crippen LogP contribution < -0.4 is 0 Å². The van der Waals surface area contributed by atoms with E-state index in [9.17, 15) is 18.0 Å². The number of carbonyl (C=O) groups excluding carboxylic acids is 1. The predicted molar refractivity (Wildman–Crippen MR) is 56.1 cm³/mol. The van der Waals surface area contributed by atoms with E-state index in [1.54, 1.807) is 0 Å². The number of ketones is 1. The molecular weight excluding hydrogens is 232 g/mol. The first kappa shape index (κ1) is 12.4. The average Bonchev–Trinajstić information content (AvgIpc) is 2.28. The number of hydrogen-bond donors (Lipinski definition) is 1. The Bertz CT molecular complexity index is 513. The summed E-state index contributed by atoms with van der Waals surface area (Å²) >= 11 is 0. The standard InChI is InChI=1S/C10H10O5S/c1-2-16(14,15)8-5-3-7(4-6-8)9(11)10(12)13/h3-6H,2H2,1H3,(H,12,13). The molecular formula is C10H10O5S. The summed E-state index contributed by atoms with van der Waals surface area (Å²) in [5, 5.41) is 8.44. The van der Waals surface area contributed by atoms with Gasteiger partial charge in [0.15, 0.2) is 9.84 Å². The maximum absolute atomic E-state index is 11.4. The third-order valence-electron chi connectivity index (χ3n) is 2.05. The molecule has 0 aliphatic heterocycles. The van der Waals surface area contributed by atoms with Crippen LogP contribution in [0.2, 0.25) is 0 Å². The second-order valence-corrected chi connectivity index (χ2v) is 5.34. The maximum Gasteiger partial charge on any atom is 0.377 e. The zero-order valence-corrected chi connectivity index (χ0v) is 9.32. The highest BCUT2D eigenvalue weighted by molar-refractivity contribution is 7.91. The molecule has 0 radical (unpaired) electrons. The molecule has 0 fully saturated rings. The summed E-state index contributed by atoms with van der Waals surface area (Å²) in [4.78, 5) is 21.5. The fourth-order valence-electron chi connectivity index (χ4n) is 1.10. The molecule has 0 saturated carbocycles. The summed E-state index contributed by atoms with van der Waals surface area (Å²) in [5.74, 6) is -2.66. The van der Waals surface area contributed by atoms with E-state index in [2.05, 4.69) is 0 Å². The van der Waals surface area contributed by atoms with Gasteiger partial charge in [-0.15, -0.1) is 0 Å². The zero-order valence-electron chi connectivity index (χ0n) is 8.50. The van der Waals surface area contributed by atoms with Crippen LogP contribution in [0.25, 0.3) is 0 Å². The van der Waals surface area contributed by atoms with Crippen molar-refractivity contribution >= 4 is 21.6 Å². The number of hydrogen-bond acceptors (Lipinski definition) is 4. The summed E-state index contributed by atoms with van der Waals surface area (Å²) in [6.07, 6.45) is 0. The lowest BCUT2D eigenvalue weighted by atomic mass is 10.1. The van der Waals surface area contributed by atoms with Gasteiger partial charge in [0, 0.05) is 5.56 Å². The Hall–Kier alpha value is -1.69. The monoisotopic (exact) mass is 242 g/mol. The summed E-state index contributed by atoms with van der Waals surface area (Å²) in [6.45, 7) is 1.51. The van der Waals surface area contributed by atoms with Gasteiger partial charge in [-0.05, 0) is 24.3 Å². The van der Waals surface area contributed by atoms with Gasteiger partial charge in [0.2, 0.25) is 0 Å². The minimum atomic E-state index is -3.32. The van der Waals surface area contributed by atoms with Gasteiger partial charge < -0.3 is 5.11 Å². The first-order chi connectivity index (χ1) is 7.38. The van der Waals surface area contributed by atoms with Gasteiger partial charge >= 0.3 is 5.97 Å². The van der Waals surface area contributed by atoms with Crippen molar-refractivity contribution in [2.45, 2.75) is 11.8 Å². The van der Waals surface area contributed by atoms with E-state index >= 15 is 0 Å². The first-order valence-corrected chi connectivity index (χ1v) is 6.14. The van der Waals surface area contributed by atoms with Crippen molar-refractivity contribution in [1.29, 1.82) is 0 Å². The molecule has 5 nitrogen and oxygen atoms in total. The molecule has 0 heterocycles. The Morgan fingerprint density at radius 3 is 2.06 bits per heavy atom. The molecule has 6 heteroatoms. The molecule has 0 aromatic heterocycles. The zero-order chi connectivity index (χ0) is 12.3. The number of carbonyl (C=O) groups is 2. The van der Waals surface area contributed by atoms with Crippen molar-refractivity contribution in [3.05, 3.63) is 29.8 Å². The molecule has 0 aliphatic carbocycles. The minimum Gasteiger partial charge on any atom is -0.475 e. The van der Waals surface area contributed by atoms with E-state index in [4.69, 9.17) is 5.11 Å². The van der Waals surface area contributed by atoms with Crippen molar-refractivity contribution in [2.24, 2.45) is 0 Å². The molecule has 16 heavy (non-hydrogen) atoms. The van der Waals surface area contributed by atoms with Gasteiger partial charge in [-0.2, -0.15) is 0 Å². The molecule has 1 aromatic carbocycles. The van der Waals surface area contributed by atoms with Crippen LogP contribution in [0, 0.1) is 0 Å². The van der Waals surface area contributed by atoms with E-state index in [1.807, 2.05) is 0 Å². The van der Waals surface area contributed by atoms with E-state index in [0.717, 1.165) is 0 Å². The number of sulfone groups is 1. The number of carboxylic acids is 1. The quantitative estimate of drug-likeness (QED) is 0.621. The topological polar surface area (TPSA) is 88.5 Å². The minimum absolute atomic E-state index is 0.0393. The van der Waals surface area contributed by atoms with Crippen molar-refractivity contribution in [3.8, 4) is 0 Å². The Labute approximate surface area is 92.6 Å². The second-order valence-electron chi connectivity index (χ2n) is 3.06. The van der Waals surface area contributed by atoms with Crippen LogP contribution >= 0.6 is 0 Å². The number of carboxylic acid groups (broad SMARTS) is 1. The summed E-state index contributed by atoms with van der Waals surface area (Å²) < 4.78 is 22.8. The van der Waals surface area contributed by atoms with Crippen LogP contribution in [0.15, 0.2) is 29.2 Å². The van der Waals surface area contributed by atoms with Crippen LogP contribution in [0.5, 0.6) is 0 Å². The molecule has 0 aliphatic rings. The predicted octanol–water partition coefficient (Wildman–Crippen LogP) is 0.748. The third-order valence-corrected chi connectivity index (χ3v) is 3.80. The lowest BCUT2D eigenvalue weighted by Gasteiger charge is -2.01. The largest absolute Gasteiger partial charge is 0.475 e. The summed E-state index contributed by atoms with van der Waals surface area (Å²) in [6, 6.07) is 4.85. The fraction of sp³-hybridized carbons (Fsp3) is 0.200. The summed E-state index contributed by atoms with van der Waals surface area (Å²) in [5.41, 5.74) is -0.0393. The molecule has 1 aromatic rings. The van der Waals surface area contributed by atoms with Crippen LogP contribution in [-0.2, 0) is 14.6 Å². The van der Waals surface area contributed by atoms with Crippen LogP contribution in [-0.4, -0.2) is 31.0 Å². The molecule has 1 rings (SSSR count). The van der Waals surface area contributed by atoms with E-state index in [-0.39, 0.29) is 16.2 Å². The van der Waals surface area contributed by atoms with Gasteiger partial charge in [-0.1, -0.05) is 6.92 Å². The van der Waals surface area contributed by atoms with E-state index < -0.39 is 21.6 Å². The van der Waals surface area contributed by atoms with Gasteiger partial charge in [0.05, 0.1) is 10.6 Å². The Kier molecular flexibility index (Phi) is 3.44. The molecule has 0 atom stereocenters. The van der Waals surface area contributed by atoms with Crippen LogP contribution in [0.3, 0.4) is 0 Å². The molecule has 86 valence electrons. The van der Waals surface area contributed by atoms with Crippen LogP contribution in [0.1, 0.15) is 17.3 Å². The molecule has 0 bridgehead atoms. The summed E-state index contributed by atoms with van der Waals surface area (Å²) in [7, 11) is -3.32. The highest BCUT2D eigenvalue weighted by Crippen LogP contribution is 2.12. The van der Waals surface area contributed by atoms with Gasteiger partial charge in [0.25, 0.3) is 5.78 Å². The SMILES string of the molecule is CCS(=O)(=O)c1ccc(C(=O)C(=O)O)cc1. The first-order valence-electron chi connectivity index (χ1n) is 4.49. The third kappa shape index (κ3) is 2.46. The molecule has 1 N–H and O–H groups in total. The van der Waals surface area contributed by atoms with Gasteiger partial charge in [-0.25, -0.2) is 13.2 Å². The maximum atomic E-state index is 11.4. The van der Waals surface area contributed by atoms with Crippen molar-refractivity contribution in [1.82, 2.24) is 0 Å². The Morgan fingerprint density at radius 2 is 1.69 bits per heavy atom. The van der Waals surface area contributed by atoms with E-state index in [0.29, 0.717) is 0 Å². The lowest BCUT2D eigenvalue weighted by Crippen LogP contribution is -2.13. The van der Waals surface area contributed by atoms with Crippen LogP contribution in [0.4, 0.5) is 0 Å². The average molecular weight is 242 g/mol. The number of benzene rings is 1. The fourth-order valence-corrected chi connectivity index (χ4v) is 1.99. The highest BCUT2D eigenvalue weighted by Gasteiger charge is 2.16. The lowest BCUT2D eigenvalue weighted by molar-refractivity contribution is -0.131. The number of rotatable bonds is 4. The van der Waals surface area contributed by atoms with Gasteiger partial charge in [0.1, 0.15) is 0 Å². The Morgan fingerprint density at radius 1 is 1.19 bits per heavy atom. The van der Waals surface area contributed by atoms with Crippen molar-refractivity contribution in [2.75, 3.05) is 5.75 Å². The smallest absolute Gasteiger partial charge is 0.377 e. The normalized spacial score (nSPS) is 11.1. The van der Waals surface area contributed by atoms with Crippen molar-refractivity contribution in [3.63, 3.8) is 0 Å². The number of aliphatic carboxylic acids is 1.